The molecule has 0 saturated heterocycles. The van der Waals surface area contributed by atoms with Gasteiger partial charge in [-0.1, -0.05) is 24.6 Å². The fourth-order valence-electron chi connectivity index (χ4n) is 3.05. The van der Waals surface area contributed by atoms with Gasteiger partial charge in [0.1, 0.15) is 5.76 Å². The van der Waals surface area contributed by atoms with Crippen LogP contribution in [0.2, 0.25) is 5.02 Å². The van der Waals surface area contributed by atoms with E-state index >= 15 is 0 Å². The molecule has 0 radical (unpaired) electrons. The summed E-state index contributed by atoms with van der Waals surface area (Å²) in [6.45, 7) is 2.02. The maximum atomic E-state index is 12.2. The molecular formula is C19H14ClNO3. The van der Waals surface area contributed by atoms with Crippen LogP contribution >= 0.6 is 11.6 Å². The number of hydrogen-bond donors (Lipinski definition) is 0. The number of amides is 2. The quantitative estimate of drug-likeness (QED) is 0.644. The predicted octanol–water partition coefficient (Wildman–Crippen LogP) is 4.54. The van der Waals surface area contributed by atoms with E-state index in [0.29, 0.717) is 21.7 Å². The van der Waals surface area contributed by atoms with Crippen molar-refractivity contribution in [2.75, 3.05) is 7.05 Å². The Kier molecular flexibility index (Phi) is 3.25. The number of furan rings is 1. The lowest BCUT2D eigenvalue weighted by atomic mass is 9.99. The number of aryl methyl sites for hydroxylation is 1. The van der Waals surface area contributed by atoms with Gasteiger partial charge < -0.3 is 4.42 Å². The van der Waals surface area contributed by atoms with E-state index in [1.54, 1.807) is 12.1 Å². The maximum absolute atomic E-state index is 12.2. The van der Waals surface area contributed by atoms with Gasteiger partial charge in [0.25, 0.3) is 11.8 Å². The lowest BCUT2D eigenvalue weighted by Gasteiger charge is -2.05. The van der Waals surface area contributed by atoms with Crippen LogP contribution < -0.4 is 0 Å². The molecule has 1 aliphatic rings. The van der Waals surface area contributed by atoms with Gasteiger partial charge in [-0.2, -0.15) is 0 Å². The van der Waals surface area contributed by atoms with Crippen molar-refractivity contribution >= 4 is 34.4 Å². The van der Waals surface area contributed by atoms with Crippen LogP contribution in [0.25, 0.3) is 22.1 Å². The zero-order chi connectivity index (χ0) is 17.0. The first-order chi connectivity index (χ1) is 11.5. The maximum Gasteiger partial charge on any atom is 0.261 e. The monoisotopic (exact) mass is 339 g/mol. The fraction of sp³-hybridized carbons (Fsp3) is 0.158. The molecule has 120 valence electrons. The van der Waals surface area contributed by atoms with Gasteiger partial charge >= 0.3 is 0 Å². The van der Waals surface area contributed by atoms with Gasteiger partial charge in [0, 0.05) is 18.9 Å². The second-order valence-electron chi connectivity index (χ2n) is 5.87. The van der Waals surface area contributed by atoms with Crippen molar-refractivity contribution in [1.82, 2.24) is 4.90 Å². The average molecular weight is 340 g/mol. The van der Waals surface area contributed by atoms with E-state index in [2.05, 4.69) is 0 Å². The van der Waals surface area contributed by atoms with E-state index in [1.807, 2.05) is 31.2 Å². The van der Waals surface area contributed by atoms with Gasteiger partial charge in [0.15, 0.2) is 5.58 Å². The number of benzene rings is 2. The lowest BCUT2D eigenvalue weighted by Crippen LogP contribution is -2.24. The zero-order valence-electron chi connectivity index (χ0n) is 13.2. The summed E-state index contributed by atoms with van der Waals surface area (Å²) in [5.41, 5.74) is 3.26. The molecule has 0 fully saturated rings. The summed E-state index contributed by atoms with van der Waals surface area (Å²) in [6.07, 6.45) is 0.794. The van der Waals surface area contributed by atoms with Crippen LogP contribution in [0, 0.1) is 0 Å². The van der Waals surface area contributed by atoms with E-state index in [-0.39, 0.29) is 11.8 Å². The lowest BCUT2D eigenvalue weighted by molar-refractivity contribution is 0.0693. The SMILES string of the molecule is CCc1cc2cc(-c3ccc4c(c3)C(=O)N(C)C4=O)cc(Cl)c2o1. The van der Waals surface area contributed by atoms with Gasteiger partial charge in [0.05, 0.1) is 16.1 Å². The Balaban J connectivity index is 1.87. The van der Waals surface area contributed by atoms with Crippen molar-refractivity contribution in [2.45, 2.75) is 13.3 Å². The largest absolute Gasteiger partial charge is 0.460 e. The van der Waals surface area contributed by atoms with E-state index in [0.717, 1.165) is 33.6 Å². The minimum Gasteiger partial charge on any atom is -0.460 e. The molecule has 0 saturated carbocycles. The van der Waals surface area contributed by atoms with Crippen molar-refractivity contribution in [1.29, 1.82) is 0 Å². The second kappa shape index (κ2) is 5.21. The van der Waals surface area contributed by atoms with Crippen LogP contribution in [0.3, 0.4) is 0 Å². The van der Waals surface area contributed by atoms with E-state index in [1.165, 1.54) is 7.05 Å². The highest BCUT2D eigenvalue weighted by Gasteiger charge is 2.32. The summed E-state index contributed by atoms with van der Waals surface area (Å²) in [5, 5.41) is 1.46. The molecule has 5 heteroatoms. The molecule has 0 atom stereocenters. The van der Waals surface area contributed by atoms with E-state index < -0.39 is 0 Å². The first-order valence-corrected chi connectivity index (χ1v) is 8.06. The molecule has 2 heterocycles. The number of rotatable bonds is 2. The highest BCUT2D eigenvalue weighted by molar-refractivity contribution is 6.35. The van der Waals surface area contributed by atoms with Crippen molar-refractivity contribution in [3.05, 3.63) is 58.3 Å². The average Bonchev–Trinajstić information content (AvgIpc) is 3.11. The smallest absolute Gasteiger partial charge is 0.261 e. The number of carbonyl (C=O) groups is 2. The third kappa shape index (κ3) is 2.07. The molecule has 24 heavy (non-hydrogen) atoms. The van der Waals surface area contributed by atoms with Gasteiger partial charge in [0.2, 0.25) is 0 Å². The first-order valence-electron chi connectivity index (χ1n) is 7.68. The summed E-state index contributed by atoms with van der Waals surface area (Å²) in [5.74, 6) is 0.332. The van der Waals surface area contributed by atoms with Gasteiger partial charge in [-0.15, -0.1) is 0 Å². The first kappa shape index (κ1) is 15.0. The van der Waals surface area contributed by atoms with Crippen LogP contribution in [0.15, 0.2) is 40.8 Å². The highest BCUT2D eigenvalue weighted by Crippen LogP contribution is 2.34. The second-order valence-corrected chi connectivity index (χ2v) is 6.28. The Morgan fingerprint density at radius 1 is 1.00 bits per heavy atom. The number of imide groups is 1. The predicted molar refractivity (Wildman–Crippen MR) is 92.5 cm³/mol. The van der Waals surface area contributed by atoms with Crippen LogP contribution in [-0.4, -0.2) is 23.8 Å². The summed E-state index contributed by atoms with van der Waals surface area (Å²) < 4.78 is 5.72. The molecule has 1 aliphatic heterocycles. The van der Waals surface area contributed by atoms with Crippen molar-refractivity contribution in [2.24, 2.45) is 0 Å². The minimum absolute atomic E-state index is 0.266. The summed E-state index contributed by atoms with van der Waals surface area (Å²) in [4.78, 5) is 25.3. The van der Waals surface area contributed by atoms with Crippen molar-refractivity contribution in [3.8, 4) is 11.1 Å². The third-order valence-electron chi connectivity index (χ3n) is 4.39. The van der Waals surface area contributed by atoms with Gasteiger partial charge in [-0.3, -0.25) is 14.5 Å². The Morgan fingerprint density at radius 3 is 2.50 bits per heavy atom. The Morgan fingerprint density at radius 2 is 1.75 bits per heavy atom. The number of fused-ring (bicyclic) bond motifs is 2. The summed E-state index contributed by atoms with van der Waals surface area (Å²) >= 11 is 6.35. The molecule has 0 N–H and O–H groups in total. The van der Waals surface area contributed by atoms with Crippen molar-refractivity contribution in [3.63, 3.8) is 0 Å². The van der Waals surface area contributed by atoms with Gasteiger partial charge in [-0.25, -0.2) is 0 Å². The van der Waals surface area contributed by atoms with Crippen LogP contribution in [0.1, 0.15) is 33.4 Å². The molecule has 0 unspecified atom stereocenters. The zero-order valence-corrected chi connectivity index (χ0v) is 14.0. The molecule has 1 aromatic heterocycles. The van der Waals surface area contributed by atoms with Crippen LogP contribution in [-0.2, 0) is 6.42 Å². The van der Waals surface area contributed by atoms with E-state index in [4.69, 9.17) is 16.0 Å². The van der Waals surface area contributed by atoms with Crippen LogP contribution in [0.4, 0.5) is 0 Å². The Labute approximate surface area is 143 Å². The molecule has 4 nitrogen and oxygen atoms in total. The molecule has 0 aliphatic carbocycles. The Hall–Kier alpha value is -2.59. The minimum atomic E-state index is -0.277. The number of hydrogen-bond acceptors (Lipinski definition) is 3. The number of halogens is 1. The summed E-state index contributed by atoms with van der Waals surface area (Å²) in [7, 11) is 1.49. The molecular weight excluding hydrogens is 326 g/mol. The molecule has 2 amide bonds. The van der Waals surface area contributed by atoms with Crippen LogP contribution in [0.5, 0.6) is 0 Å². The topological polar surface area (TPSA) is 50.5 Å². The van der Waals surface area contributed by atoms with Gasteiger partial charge in [-0.05, 0) is 41.5 Å². The molecule has 0 spiro atoms. The number of carbonyl (C=O) groups excluding carboxylic acids is 2. The standard InChI is InChI=1S/C19H14ClNO3/c1-3-13-7-12-6-11(9-16(20)17(12)24-13)10-4-5-14-15(8-10)19(23)21(2)18(14)22/h4-9H,3H2,1-2H3. The molecule has 0 bridgehead atoms. The van der Waals surface area contributed by atoms with Crippen molar-refractivity contribution < 1.29 is 14.0 Å². The number of nitrogens with zero attached hydrogens (tertiary/aromatic N) is 1. The third-order valence-corrected chi connectivity index (χ3v) is 4.67. The highest BCUT2D eigenvalue weighted by atomic mass is 35.5. The normalized spacial score (nSPS) is 13.9. The Bertz CT molecular complexity index is 1020. The summed E-state index contributed by atoms with van der Waals surface area (Å²) in [6, 6.07) is 11.1. The van der Waals surface area contributed by atoms with E-state index in [9.17, 15) is 9.59 Å². The molecule has 3 aromatic rings. The molecule has 2 aromatic carbocycles. The fourth-order valence-corrected chi connectivity index (χ4v) is 3.31. The molecule has 4 rings (SSSR count).